The molecule has 1 atom stereocenters. The van der Waals surface area contributed by atoms with E-state index < -0.39 is 0 Å². The van der Waals surface area contributed by atoms with Crippen LogP contribution < -0.4 is 5.32 Å². The van der Waals surface area contributed by atoms with Crippen LogP contribution in [0.25, 0.3) is 0 Å². The summed E-state index contributed by atoms with van der Waals surface area (Å²) in [6, 6.07) is 10.7. The van der Waals surface area contributed by atoms with Gasteiger partial charge in [-0.3, -0.25) is 4.79 Å². The van der Waals surface area contributed by atoms with E-state index in [-0.39, 0.29) is 5.91 Å². The second-order valence-electron chi connectivity index (χ2n) is 6.45. The van der Waals surface area contributed by atoms with Gasteiger partial charge in [0.15, 0.2) is 0 Å². The van der Waals surface area contributed by atoms with Crippen LogP contribution in [0.2, 0.25) is 0 Å². The van der Waals surface area contributed by atoms with Gasteiger partial charge in [0.2, 0.25) is 11.1 Å². The third-order valence-electron chi connectivity index (χ3n) is 4.77. The van der Waals surface area contributed by atoms with E-state index in [1.807, 2.05) is 22.9 Å². The first kappa shape index (κ1) is 17.9. The molecule has 0 aliphatic heterocycles. The van der Waals surface area contributed by atoms with Gasteiger partial charge in [-0.25, -0.2) is 4.68 Å². The van der Waals surface area contributed by atoms with Crippen LogP contribution in [0.4, 0.5) is 0 Å². The zero-order valence-electron chi connectivity index (χ0n) is 14.6. The molecule has 1 aliphatic carbocycles. The van der Waals surface area contributed by atoms with E-state index in [4.69, 9.17) is 0 Å². The van der Waals surface area contributed by atoms with Gasteiger partial charge in [-0.05, 0) is 35.3 Å². The first-order valence-corrected chi connectivity index (χ1v) is 9.98. The van der Waals surface area contributed by atoms with Crippen molar-refractivity contribution in [3.8, 4) is 0 Å². The van der Waals surface area contributed by atoms with Crippen molar-refractivity contribution in [3.63, 3.8) is 0 Å². The minimum absolute atomic E-state index is 0.0281. The summed E-state index contributed by atoms with van der Waals surface area (Å²) in [6.45, 7) is 2.81. The van der Waals surface area contributed by atoms with Gasteiger partial charge in [-0.15, -0.1) is 5.10 Å². The van der Waals surface area contributed by atoms with Crippen LogP contribution >= 0.6 is 11.8 Å². The van der Waals surface area contributed by atoms with Crippen molar-refractivity contribution in [3.05, 3.63) is 35.9 Å². The van der Waals surface area contributed by atoms with Crippen molar-refractivity contribution in [2.75, 3.05) is 12.3 Å². The molecule has 0 saturated heterocycles. The Labute approximate surface area is 152 Å². The lowest BCUT2D eigenvalue weighted by Gasteiger charge is -2.16. The van der Waals surface area contributed by atoms with Crippen LogP contribution in [0.3, 0.4) is 0 Å². The Balaban J connectivity index is 1.48. The minimum atomic E-state index is 0.0281. The summed E-state index contributed by atoms with van der Waals surface area (Å²) < 4.78 is 1.89. The fourth-order valence-corrected chi connectivity index (χ4v) is 4.07. The number of amides is 1. The maximum atomic E-state index is 12.2. The van der Waals surface area contributed by atoms with Crippen LogP contribution in [0, 0.1) is 0 Å². The third-order valence-corrected chi connectivity index (χ3v) is 5.71. The van der Waals surface area contributed by atoms with Crippen molar-refractivity contribution in [2.45, 2.75) is 56.1 Å². The minimum Gasteiger partial charge on any atom is -0.355 e. The van der Waals surface area contributed by atoms with E-state index in [0.29, 0.717) is 24.3 Å². The van der Waals surface area contributed by atoms with Gasteiger partial charge in [-0.2, -0.15) is 0 Å². The van der Waals surface area contributed by atoms with E-state index in [9.17, 15) is 4.79 Å². The lowest BCUT2D eigenvalue weighted by Crippen LogP contribution is -2.29. The van der Waals surface area contributed by atoms with Gasteiger partial charge in [0.05, 0.1) is 11.8 Å². The van der Waals surface area contributed by atoms with E-state index >= 15 is 0 Å². The number of rotatable bonds is 8. The molecular weight excluding hydrogens is 334 g/mol. The molecule has 134 valence electrons. The van der Waals surface area contributed by atoms with Crippen LogP contribution in [0.15, 0.2) is 35.5 Å². The maximum absolute atomic E-state index is 12.2. The van der Waals surface area contributed by atoms with Gasteiger partial charge in [0.1, 0.15) is 0 Å². The number of aromatic nitrogens is 4. The van der Waals surface area contributed by atoms with Crippen molar-refractivity contribution < 1.29 is 4.79 Å². The van der Waals surface area contributed by atoms with Crippen LogP contribution in [-0.2, 0) is 4.79 Å². The molecule has 1 aromatic carbocycles. The van der Waals surface area contributed by atoms with Crippen molar-refractivity contribution in [1.29, 1.82) is 0 Å². The number of carbonyl (C=O) groups excluding carboxylic acids is 1. The highest BCUT2D eigenvalue weighted by molar-refractivity contribution is 7.99. The Morgan fingerprint density at radius 1 is 1.32 bits per heavy atom. The first-order chi connectivity index (χ1) is 12.3. The van der Waals surface area contributed by atoms with Gasteiger partial charge < -0.3 is 5.32 Å². The molecule has 0 bridgehead atoms. The molecule has 1 amide bonds. The molecule has 3 rings (SSSR count). The fraction of sp³-hybridized carbons (Fsp3) is 0.556. The Hall–Kier alpha value is -1.89. The summed E-state index contributed by atoms with van der Waals surface area (Å²) in [5.74, 6) is 0.720. The normalized spacial score (nSPS) is 16.0. The third kappa shape index (κ3) is 4.81. The van der Waals surface area contributed by atoms with Crippen LogP contribution in [0.5, 0.6) is 0 Å². The quantitative estimate of drug-likeness (QED) is 0.733. The number of tetrazole rings is 1. The largest absolute Gasteiger partial charge is 0.355 e. The summed E-state index contributed by atoms with van der Waals surface area (Å²) in [5, 5.41) is 15.8. The topological polar surface area (TPSA) is 72.7 Å². The molecule has 7 heteroatoms. The van der Waals surface area contributed by atoms with Crippen molar-refractivity contribution >= 4 is 17.7 Å². The average Bonchev–Trinajstić information content (AvgIpc) is 3.32. The number of nitrogens with zero attached hydrogens (tertiary/aromatic N) is 4. The molecule has 1 fully saturated rings. The van der Waals surface area contributed by atoms with Gasteiger partial charge >= 0.3 is 0 Å². The molecule has 6 nitrogen and oxygen atoms in total. The van der Waals surface area contributed by atoms with E-state index in [1.165, 1.54) is 30.2 Å². The lowest BCUT2D eigenvalue weighted by molar-refractivity contribution is -0.118. The molecule has 1 aliphatic rings. The summed E-state index contributed by atoms with van der Waals surface area (Å²) in [5.41, 5.74) is 1.27. The van der Waals surface area contributed by atoms with Gasteiger partial charge in [-0.1, -0.05) is 61.9 Å². The molecule has 1 unspecified atom stereocenters. The number of hydrogen-bond acceptors (Lipinski definition) is 5. The molecule has 25 heavy (non-hydrogen) atoms. The van der Waals surface area contributed by atoms with E-state index in [2.05, 4.69) is 39.9 Å². The molecular formula is C18H25N5OS. The van der Waals surface area contributed by atoms with E-state index in [0.717, 1.165) is 24.4 Å². The lowest BCUT2D eigenvalue weighted by atomic mass is 9.96. The maximum Gasteiger partial charge on any atom is 0.230 e. The zero-order valence-corrected chi connectivity index (χ0v) is 15.4. The summed E-state index contributed by atoms with van der Waals surface area (Å²) in [7, 11) is 0. The van der Waals surface area contributed by atoms with Gasteiger partial charge in [0, 0.05) is 12.5 Å². The Morgan fingerprint density at radius 2 is 2.08 bits per heavy atom. The molecule has 0 spiro atoms. The van der Waals surface area contributed by atoms with Crippen molar-refractivity contribution in [2.24, 2.45) is 0 Å². The number of benzene rings is 1. The molecule has 1 aromatic heterocycles. The molecule has 2 aromatic rings. The number of thioether (sulfide) groups is 1. The first-order valence-electron chi connectivity index (χ1n) is 9.00. The van der Waals surface area contributed by atoms with Crippen LogP contribution in [-0.4, -0.2) is 38.4 Å². The number of carbonyl (C=O) groups is 1. The summed E-state index contributed by atoms with van der Waals surface area (Å²) in [6.07, 6.45) is 5.71. The monoisotopic (exact) mass is 359 g/mol. The Kier molecular flexibility index (Phi) is 6.44. The highest BCUT2D eigenvalue weighted by Crippen LogP contribution is 2.31. The molecule has 1 heterocycles. The highest BCUT2D eigenvalue weighted by Gasteiger charge is 2.22. The van der Waals surface area contributed by atoms with Crippen LogP contribution in [0.1, 0.15) is 56.6 Å². The summed E-state index contributed by atoms with van der Waals surface area (Å²) >= 11 is 1.42. The number of hydrogen-bond donors (Lipinski definition) is 1. The van der Waals surface area contributed by atoms with E-state index in [1.54, 1.807) is 0 Å². The SMILES string of the molecule is CCC(CNC(=O)CSc1nnnn1C1CCCC1)c1ccccc1. The molecule has 1 saturated carbocycles. The van der Waals surface area contributed by atoms with Crippen molar-refractivity contribution in [1.82, 2.24) is 25.5 Å². The standard InChI is InChI=1S/C18H25N5OS/c1-2-14(15-8-4-3-5-9-15)12-19-17(24)13-25-18-20-21-22-23(18)16-10-6-7-11-16/h3-5,8-9,14,16H,2,6-7,10-13H2,1H3,(H,19,24). The summed E-state index contributed by atoms with van der Waals surface area (Å²) in [4.78, 5) is 12.2. The fourth-order valence-electron chi connectivity index (χ4n) is 3.30. The van der Waals surface area contributed by atoms with Gasteiger partial charge in [0.25, 0.3) is 0 Å². The second-order valence-corrected chi connectivity index (χ2v) is 7.40. The molecule has 1 N–H and O–H groups in total. The average molecular weight is 359 g/mol. The Bertz CT molecular complexity index is 669. The number of nitrogens with one attached hydrogen (secondary N) is 1. The Morgan fingerprint density at radius 3 is 2.80 bits per heavy atom. The smallest absolute Gasteiger partial charge is 0.230 e. The highest BCUT2D eigenvalue weighted by atomic mass is 32.2. The molecule has 0 radical (unpaired) electrons. The predicted molar refractivity (Wildman–Crippen MR) is 98.5 cm³/mol. The zero-order chi connectivity index (χ0) is 17.5. The predicted octanol–water partition coefficient (Wildman–Crippen LogP) is 3.19. The second kappa shape index (κ2) is 8.99.